The SMILES string of the molecule is COC(=O)c1ccc(S(=O)(CCC(C)OS(C)(=O)=O)=NC(=O)OC(C)(C)C)cc1. The largest absolute Gasteiger partial charge is 0.465 e. The van der Waals surface area contributed by atoms with Gasteiger partial charge in [-0.15, -0.1) is 4.36 Å². The Morgan fingerprint density at radius 2 is 1.66 bits per heavy atom. The van der Waals surface area contributed by atoms with Crippen molar-refractivity contribution in [1.82, 2.24) is 0 Å². The molecular formula is C18H27NO8S2. The molecule has 0 aliphatic rings. The van der Waals surface area contributed by atoms with Crippen molar-refractivity contribution in [3.8, 4) is 0 Å². The summed E-state index contributed by atoms with van der Waals surface area (Å²) in [4.78, 5) is 24.0. The highest BCUT2D eigenvalue weighted by Gasteiger charge is 2.22. The highest BCUT2D eigenvalue weighted by atomic mass is 32.2. The van der Waals surface area contributed by atoms with Crippen molar-refractivity contribution in [3.05, 3.63) is 29.8 Å². The lowest BCUT2D eigenvalue weighted by atomic mass is 10.2. The van der Waals surface area contributed by atoms with Crippen molar-refractivity contribution >= 4 is 31.9 Å². The number of nitrogens with zero attached hydrogens (tertiary/aromatic N) is 1. The van der Waals surface area contributed by atoms with E-state index in [-0.39, 0.29) is 22.6 Å². The first-order chi connectivity index (χ1) is 13.1. The maximum Gasteiger partial charge on any atom is 0.442 e. The normalized spacial score (nSPS) is 15.1. The number of ether oxygens (including phenoxy) is 2. The molecule has 2 unspecified atom stereocenters. The number of carbonyl (C=O) groups excluding carboxylic acids is 2. The van der Waals surface area contributed by atoms with E-state index in [4.69, 9.17) is 8.92 Å². The second kappa shape index (κ2) is 9.68. The molecule has 2 atom stereocenters. The number of hydrogen-bond donors (Lipinski definition) is 0. The molecule has 0 radical (unpaired) electrons. The third-order valence-corrected chi connectivity index (χ3v) is 6.32. The van der Waals surface area contributed by atoms with E-state index in [1.165, 1.54) is 38.3 Å². The van der Waals surface area contributed by atoms with Gasteiger partial charge in [-0.3, -0.25) is 4.18 Å². The molecule has 0 aromatic heterocycles. The Kier molecular flexibility index (Phi) is 8.36. The minimum absolute atomic E-state index is 0.0525. The lowest BCUT2D eigenvalue weighted by Gasteiger charge is -2.19. The fourth-order valence-electron chi connectivity index (χ4n) is 2.21. The van der Waals surface area contributed by atoms with E-state index in [0.717, 1.165) is 6.26 Å². The van der Waals surface area contributed by atoms with Gasteiger partial charge < -0.3 is 9.47 Å². The summed E-state index contributed by atoms with van der Waals surface area (Å²) in [7, 11) is -5.77. The summed E-state index contributed by atoms with van der Waals surface area (Å²) < 4.78 is 54.4. The highest BCUT2D eigenvalue weighted by Crippen LogP contribution is 2.20. The van der Waals surface area contributed by atoms with Crippen LogP contribution in [0.2, 0.25) is 0 Å². The van der Waals surface area contributed by atoms with Crippen LogP contribution in [0.1, 0.15) is 44.5 Å². The number of benzene rings is 1. The van der Waals surface area contributed by atoms with Crippen molar-refractivity contribution in [1.29, 1.82) is 0 Å². The van der Waals surface area contributed by atoms with Crippen molar-refractivity contribution in [3.63, 3.8) is 0 Å². The molecule has 1 amide bonds. The van der Waals surface area contributed by atoms with Crippen LogP contribution in [0, 0.1) is 0 Å². The molecule has 1 aromatic rings. The molecule has 0 spiro atoms. The summed E-state index contributed by atoms with van der Waals surface area (Å²) in [5.41, 5.74) is -0.591. The predicted molar refractivity (Wildman–Crippen MR) is 108 cm³/mol. The molecule has 0 aliphatic heterocycles. The number of carbonyl (C=O) groups is 2. The maximum absolute atomic E-state index is 13.5. The smallest absolute Gasteiger partial charge is 0.442 e. The highest BCUT2D eigenvalue weighted by molar-refractivity contribution is 7.94. The topological polar surface area (TPSA) is 125 Å². The van der Waals surface area contributed by atoms with Gasteiger partial charge in [0.2, 0.25) is 0 Å². The van der Waals surface area contributed by atoms with Gasteiger partial charge in [-0.05, 0) is 58.4 Å². The molecule has 9 nitrogen and oxygen atoms in total. The van der Waals surface area contributed by atoms with Crippen LogP contribution in [-0.4, -0.2) is 55.5 Å². The molecule has 0 saturated carbocycles. The molecule has 0 aliphatic carbocycles. The average Bonchev–Trinajstić information content (AvgIpc) is 2.56. The fourth-order valence-corrected chi connectivity index (χ4v) is 4.83. The molecule has 0 bridgehead atoms. The Morgan fingerprint density at radius 3 is 2.10 bits per heavy atom. The van der Waals surface area contributed by atoms with Crippen LogP contribution >= 0.6 is 0 Å². The fraction of sp³-hybridized carbons (Fsp3) is 0.556. The number of methoxy groups -OCH3 is 1. The standard InChI is InChI=1S/C18H27NO8S2/c1-13(27-28(6,22)23)11-12-29(24,19-17(21)26-18(2,3)4)15-9-7-14(8-10-15)16(20)25-5/h7-10,13H,11-12H2,1-6H3. The van der Waals surface area contributed by atoms with E-state index in [9.17, 15) is 22.2 Å². The Labute approximate surface area is 172 Å². The summed E-state index contributed by atoms with van der Waals surface area (Å²) >= 11 is 0. The molecular weight excluding hydrogens is 422 g/mol. The van der Waals surface area contributed by atoms with E-state index in [0.29, 0.717) is 0 Å². The molecule has 0 fully saturated rings. The number of amides is 1. The van der Waals surface area contributed by atoms with Crippen molar-refractivity contribution in [2.75, 3.05) is 19.1 Å². The third-order valence-electron chi connectivity index (χ3n) is 3.40. The van der Waals surface area contributed by atoms with E-state index in [1.807, 2.05) is 0 Å². The quantitative estimate of drug-likeness (QED) is 0.459. The van der Waals surface area contributed by atoms with Gasteiger partial charge in [0.25, 0.3) is 10.1 Å². The molecule has 1 aromatic carbocycles. The van der Waals surface area contributed by atoms with E-state index in [1.54, 1.807) is 20.8 Å². The Morgan fingerprint density at radius 1 is 1.10 bits per heavy atom. The van der Waals surface area contributed by atoms with Gasteiger partial charge in [0.15, 0.2) is 0 Å². The summed E-state index contributed by atoms with van der Waals surface area (Å²) in [6.45, 7) is 6.45. The molecule has 0 N–H and O–H groups in total. The molecule has 0 saturated heterocycles. The van der Waals surface area contributed by atoms with Gasteiger partial charge in [-0.1, -0.05) is 0 Å². The molecule has 1 rings (SSSR count). The first-order valence-corrected chi connectivity index (χ1v) is 12.2. The second-order valence-electron chi connectivity index (χ2n) is 7.33. The van der Waals surface area contributed by atoms with Crippen molar-refractivity contribution < 1.29 is 35.9 Å². The number of hydrogen-bond acceptors (Lipinski definition) is 8. The van der Waals surface area contributed by atoms with Gasteiger partial charge in [0, 0.05) is 10.6 Å². The lowest BCUT2D eigenvalue weighted by molar-refractivity contribution is 0.0593. The minimum atomic E-state index is -3.69. The van der Waals surface area contributed by atoms with Gasteiger partial charge in [0.05, 0.1) is 34.8 Å². The van der Waals surface area contributed by atoms with Gasteiger partial charge in [0.1, 0.15) is 5.60 Å². The van der Waals surface area contributed by atoms with Crippen LogP contribution in [0.15, 0.2) is 33.5 Å². The Hall–Kier alpha value is -1.98. The zero-order valence-corrected chi connectivity index (χ0v) is 19.0. The summed E-state index contributed by atoms with van der Waals surface area (Å²) in [5.74, 6) is -0.720. The van der Waals surface area contributed by atoms with Crippen LogP contribution in [0.5, 0.6) is 0 Å². The number of rotatable bonds is 7. The monoisotopic (exact) mass is 449 g/mol. The summed E-state index contributed by atoms with van der Waals surface area (Å²) in [6.07, 6.45) is -0.806. The van der Waals surface area contributed by atoms with E-state index >= 15 is 0 Å². The Bertz CT molecular complexity index is 953. The van der Waals surface area contributed by atoms with Gasteiger partial charge >= 0.3 is 12.1 Å². The molecule has 0 heterocycles. The van der Waals surface area contributed by atoms with Gasteiger partial charge in [-0.2, -0.15) is 8.42 Å². The molecule has 164 valence electrons. The zero-order chi connectivity index (χ0) is 22.5. The van der Waals surface area contributed by atoms with Crippen LogP contribution in [0.25, 0.3) is 0 Å². The third kappa shape index (κ3) is 8.92. The lowest BCUT2D eigenvalue weighted by Crippen LogP contribution is -2.24. The van der Waals surface area contributed by atoms with Crippen molar-refractivity contribution in [2.45, 2.75) is 50.7 Å². The van der Waals surface area contributed by atoms with Crippen LogP contribution in [0.3, 0.4) is 0 Å². The predicted octanol–water partition coefficient (Wildman–Crippen LogP) is 2.99. The summed E-state index contributed by atoms with van der Waals surface area (Å²) in [5, 5.41) is 0. The van der Waals surface area contributed by atoms with Crippen LogP contribution < -0.4 is 0 Å². The number of esters is 1. The van der Waals surface area contributed by atoms with Crippen LogP contribution in [0.4, 0.5) is 4.79 Å². The zero-order valence-electron chi connectivity index (χ0n) is 17.3. The maximum atomic E-state index is 13.5. The molecule has 11 heteroatoms. The van der Waals surface area contributed by atoms with E-state index < -0.39 is 43.6 Å². The first-order valence-electron chi connectivity index (χ1n) is 8.70. The van der Waals surface area contributed by atoms with Crippen molar-refractivity contribution in [2.24, 2.45) is 4.36 Å². The first kappa shape index (κ1) is 25.1. The van der Waals surface area contributed by atoms with E-state index in [2.05, 4.69) is 9.10 Å². The minimum Gasteiger partial charge on any atom is -0.465 e. The summed E-state index contributed by atoms with van der Waals surface area (Å²) in [6, 6.07) is 5.62. The second-order valence-corrected chi connectivity index (χ2v) is 11.3. The molecule has 29 heavy (non-hydrogen) atoms. The van der Waals surface area contributed by atoms with Crippen LogP contribution in [-0.2, 0) is 33.5 Å². The average molecular weight is 450 g/mol. The Balaban J connectivity index is 3.25. The van der Waals surface area contributed by atoms with Gasteiger partial charge in [-0.25, -0.2) is 13.8 Å².